The van der Waals surface area contributed by atoms with Gasteiger partial charge in [-0.15, -0.1) is 0 Å². The lowest BCUT2D eigenvalue weighted by molar-refractivity contribution is -0.384. The minimum absolute atomic E-state index is 0.0344. The van der Waals surface area contributed by atoms with Gasteiger partial charge in [0, 0.05) is 30.3 Å². The molecule has 0 unspecified atom stereocenters. The number of non-ortho nitro benzene ring substituents is 1. The summed E-state index contributed by atoms with van der Waals surface area (Å²) >= 11 is 0. The van der Waals surface area contributed by atoms with Crippen LogP contribution in [0, 0.1) is 10.1 Å². The molecular formula is C21H17N3O6S. The molecule has 9 nitrogen and oxygen atoms in total. The molecule has 158 valence electrons. The van der Waals surface area contributed by atoms with Gasteiger partial charge in [0.25, 0.3) is 21.6 Å². The highest BCUT2D eigenvalue weighted by Crippen LogP contribution is 2.27. The SMILES string of the molecule is CC(=O)Nc1ccc(S(=O)(=O)N(C(=O)c2ccc([N+](=O)[O-])cc2)c2ccccc2)cc1. The minimum atomic E-state index is -4.34. The first-order valence-electron chi connectivity index (χ1n) is 8.97. The van der Waals surface area contributed by atoms with Crippen LogP contribution in [0.2, 0.25) is 0 Å². The Labute approximate surface area is 178 Å². The summed E-state index contributed by atoms with van der Waals surface area (Å²) in [4.78, 5) is 34.4. The molecular weight excluding hydrogens is 422 g/mol. The molecule has 0 atom stereocenters. The fraction of sp³-hybridized carbons (Fsp3) is 0.0476. The Kier molecular flexibility index (Phi) is 6.12. The molecule has 3 rings (SSSR count). The fourth-order valence-electron chi connectivity index (χ4n) is 2.79. The van der Waals surface area contributed by atoms with Crippen molar-refractivity contribution in [2.24, 2.45) is 0 Å². The van der Waals surface area contributed by atoms with Gasteiger partial charge in [0.05, 0.1) is 15.5 Å². The average molecular weight is 439 g/mol. The summed E-state index contributed by atoms with van der Waals surface area (Å²) in [5.74, 6) is -1.18. The number of nitrogens with one attached hydrogen (secondary N) is 1. The Morgan fingerprint density at radius 3 is 2.00 bits per heavy atom. The monoisotopic (exact) mass is 439 g/mol. The number of nitro benzene ring substituents is 1. The minimum Gasteiger partial charge on any atom is -0.326 e. The average Bonchev–Trinajstić information content (AvgIpc) is 2.74. The Hall–Kier alpha value is -4.05. The number of hydrogen-bond donors (Lipinski definition) is 1. The molecule has 0 aliphatic carbocycles. The van der Waals surface area contributed by atoms with Gasteiger partial charge in [-0.25, -0.2) is 8.42 Å². The van der Waals surface area contributed by atoms with E-state index in [2.05, 4.69) is 5.32 Å². The number of sulfonamides is 1. The van der Waals surface area contributed by atoms with Crippen LogP contribution in [0.5, 0.6) is 0 Å². The van der Waals surface area contributed by atoms with E-state index in [0.717, 1.165) is 12.1 Å². The lowest BCUT2D eigenvalue weighted by Crippen LogP contribution is -2.37. The third-order valence-electron chi connectivity index (χ3n) is 4.21. The van der Waals surface area contributed by atoms with E-state index in [1.165, 1.54) is 55.5 Å². The quantitative estimate of drug-likeness (QED) is 0.462. The van der Waals surface area contributed by atoms with E-state index in [0.29, 0.717) is 9.99 Å². The van der Waals surface area contributed by atoms with Crippen molar-refractivity contribution in [1.82, 2.24) is 0 Å². The smallest absolute Gasteiger partial charge is 0.272 e. The molecule has 1 N–H and O–H groups in total. The van der Waals surface area contributed by atoms with E-state index < -0.39 is 20.9 Å². The second-order valence-electron chi connectivity index (χ2n) is 6.42. The Balaban J connectivity index is 2.05. The van der Waals surface area contributed by atoms with Crippen LogP contribution in [0.15, 0.2) is 83.8 Å². The molecule has 0 aliphatic rings. The molecule has 2 amide bonds. The highest BCUT2D eigenvalue weighted by molar-refractivity contribution is 7.93. The number of anilines is 2. The van der Waals surface area contributed by atoms with Crippen LogP contribution in [0.25, 0.3) is 0 Å². The number of benzene rings is 3. The van der Waals surface area contributed by atoms with Gasteiger partial charge in [0.15, 0.2) is 0 Å². The third-order valence-corrected chi connectivity index (χ3v) is 5.94. The van der Waals surface area contributed by atoms with E-state index in [-0.39, 0.29) is 27.7 Å². The number of carbonyl (C=O) groups is 2. The maximum absolute atomic E-state index is 13.4. The number of carbonyl (C=O) groups excluding carboxylic acids is 2. The Morgan fingerprint density at radius 2 is 1.48 bits per heavy atom. The number of hydrogen-bond acceptors (Lipinski definition) is 6. The van der Waals surface area contributed by atoms with Crippen LogP contribution in [0.4, 0.5) is 17.1 Å². The summed E-state index contributed by atoms with van der Waals surface area (Å²) < 4.78 is 27.4. The van der Waals surface area contributed by atoms with Crippen molar-refractivity contribution in [2.45, 2.75) is 11.8 Å². The summed E-state index contributed by atoms with van der Waals surface area (Å²) in [6.45, 7) is 1.32. The maximum atomic E-state index is 13.4. The van der Waals surface area contributed by atoms with Crippen molar-refractivity contribution < 1.29 is 22.9 Å². The molecule has 0 radical (unpaired) electrons. The lowest BCUT2D eigenvalue weighted by atomic mass is 10.2. The van der Waals surface area contributed by atoms with Crippen LogP contribution in [0.1, 0.15) is 17.3 Å². The van der Waals surface area contributed by atoms with Gasteiger partial charge in [-0.1, -0.05) is 18.2 Å². The normalized spacial score (nSPS) is 10.9. The zero-order chi connectivity index (χ0) is 22.6. The highest BCUT2D eigenvalue weighted by atomic mass is 32.2. The topological polar surface area (TPSA) is 127 Å². The molecule has 0 fully saturated rings. The summed E-state index contributed by atoms with van der Waals surface area (Å²) in [6, 6.07) is 17.8. The molecule has 3 aromatic rings. The highest BCUT2D eigenvalue weighted by Gasteiger charge is 2.32. The molecule has 0 aromatic heterocycles. The fourth-order valence-corrected chi connectivity index (χ4v) is 4.20. The molecule has 0 spiro atoms. The van der Waals surface area contributed by atoms with Crippen molar-refractivity contribution in [1.29, 1.82) is 0 Å². The Morgan fingerprint density at radius 1 is 0.903 bits per heavy atom. The van der Waals surface area contributed by atoms with Crippen LogP contribution in [0.3, 0.4) is 0 Å². The molecule has 31 heavy (non-hydrogen) atoms. The van der Waals surface area contributed by atoms with Crippen molar-refractivity contribution >= 4 is 38.9 Å². The van der Waals surface area contributed by atoms with E-state index in [1.807, 2.05) is 0 Å². The van der Waals surface area contributed by atoms with Crippen molar-refractivity contribution in [3.8, 4) is 0 Å². The van der Waals surface area contributed by atoms with E-state index in [4.69, 9.17) is 0 Å². The predicted octanol–water partition coefficient (Wildman–Crippen LogP) is 3.59. The summed E-state index contributed by atoms with van der Waals surface area (Å²) in [5.41, 5.74) is 0.253. The van der Waals surface area contributed by atoms with E-state index >= 15 is 0 Å². The molecule has 0 heterocycles. The van der Waals surface area contributed by atoms with Crippen LogP contribution in [-0.2, 0) is 14.8 Å². The largest absolute Gasteiger partial charge is 0.326 e. The molecule has 0 aliphatic heterocycles. The number of rotatable bonds is 6. The molecule has 10 heteroatoms. The molecule has 0 saturated carbocycles. The number of nitro groups is 1. The first-order valence-corrected chi connectivity index (χ1v) is 10.4. The van der Waals surface area contributed by atoms with E-state index in [9.17, 15) is 28.1 Å². The van der Waals surface area contributed by atoms with Crippen molar-refractivity contribution in [3.63, 3.8) is 0 Å². The van der Waals surface area contributed by atoms with Gasteiger partial charge >= 0.3 is 0 Å². The zero-order valence-electron chi connectivity index (χ0n) is 16.3. The summed E-state index contributed by atoms with van der Waals surface area (Å²) in [7, 11) is -4.34. The van der Waals surface area contributed by atoms with Crippen LogP contribution < -0.4 is 9.62 Å². The lowest BCUT2D eigenvalue weighted by Gasteiger charge is -2.23. The van der Waals surface area contributed by atoms with Gasteiger partial charge in [-0.3, -0.25) is 19.7 Å². The molecule has 0 saturated heterocycles. The zero-order valence-corrected chi connectivity index (χ0v) is 17.1. The Bertz CT molecular complexity index is 1220. The van der Waals surface area contributed by atoms with Gasteiger partial charge in [-0.05, 0) is 48.5 Å². The maximum Gasteiger partial charge on any atom is 0.272 e. The predicted molar refractivity (Wildman–Crippen MR) is 114 cm³/mol. The first kappa shape index (κ1) is 21.7. The number of nitrogens with zero attached hydrogens (tertiary/aromatic N) is 2. The first-order chi connectivity index (χ1) is 14.7. The van der Waals surface area contributed by atoms with Crippen LogP contribution >= 0.6 is 0 Å². The van der Waals surface area contributed by atoms with Crippen LogP contribution in [-0.4, -0.2) is 25.2 Å². The van der Waals surface area contributed by atoms with Gasteiger partial charge < -0.3 is 5.32 Å². The third kappa shape index (κ3) is 4.75. The standard InChI is InChI=1S/C21H17N3O6S/c1-15(25)22-17-9-13-20(14-10-17)31(29,30)23(18-5-3-2-4-6-18)21(26)16-7-11-19(12-8-16)24(27)28/h2-14H,1H3,(H,22,25). The van der Waals surface area contributed by atoms with Gasteiger partial charge in [0.2, 0.25) is 5.91 Å². The molecule has 0 bridgehead atoms. The number of para-hydroxylation sites is 1. The van der Waals surface area contributed by atoms with Crippen molar-refractivity contribution in [2.75, 3.05) is 9.62 Å². The summed E-state index contributed by atoms with van der Waals surface area (Å²) in [5, 5.41) is 13.4. The van der Waals surface area contributed by atoms with Gasteiger partial charge in [0.1, 0.15) is 0 Å². The summed E-state index contributed by atoms with van der Waals surface area (Å²) in [6.07, 6.45) is 0. The second kappa shape index (κ2) is 8.76. The number of amides is 2. The molecule has 3 aromatic carbocycles. The van der Waals surface area contributed by atoms with Gasteiger partial charge in [-0.2, -0.15) is 4.31 Å². The second-order valence-corrected chi connectivity index (χ2v) is 8.21. The van der Waals surface area contributed by atoms with E-state index in [1.54, 1.807) is 18.2 Å². The van der Waals surface area contributed by atoms with Crippen molar-refractivity contribution in [3.05, 3.63) is 94.5 Å².